The van der Waals surface area contributed by atoms with Crippen molar-refractivity contribution in [3.63, 3.8) is 0 Å². The lowest BCUT2D eigenvalue weighted by molar-refractivity contribution is 0.1000. The van der Waals surface area contributed by atoms with Crippen molar-refractivity contribution < 1.29 is 18.0 Å². The molecule has 3 aromatic rings. The van der Waals surface area contributed by atoms with Crippen LogP contribution >= 0.6 is 0 Å². The van der Waals surface area contributed by atoms with E-state index in [0.29, 0.717) is 16.6 Å². The summed E-state index contributed by atoms with van der Waals surface area (Å²) in [5.41, 5.74) is 12.4. The van der Waals surface area contributed by atoms with Gasteiger partial charge in [0, 0.05) is 17.5 Å². The molecule has 2 atom stereocenters. The fraction of sp³-hybridized carbons (Fsp3) is 0.381. The van der Waals surface area contributed by atoms with Crippen molar-refractivity contribution in [3.05, 3.63) is 41.8 Å². The van der Waals surface area contributed by atoms with E-state index in [1.165, 1.54) is 10.9 Å². The van der Waals surface area contributed by atoms with Crippen molar-refractivity contribution in [3.8, 4) is 0 Å². The molecule has 11 heteroatoms. The molecule has 4 rings (SSSR count). The monoisotopic (exact) mass is 447 g/mol. The molecule has 0 saturated heterocycles. The lowest BCUT2D eigenvalue weighted by Gasteiger charge is -2.30. The SMILES string of the molecule is NC(=O)c1cc(F)c(N[C@@H]2CCCC[C@@H]2N)nc1Nc1cccc2c1cnn2CC(F)F. The third kappa shape index (κ3) is 4.47. The first-order valence-corrected chi connectivity index (χ1v) is 10.4. The minimum Gasteiger partial charge on any atom is -0.365 e. The molecule has 2 heterocycles. The van der Waals surface area contributed by atoms with Crippen molar-refractivity contribution in [1.29, 1.82) is 0 Å². The van der Waals surface area contributed by atoms with Gasteiger partial charge >= 0.3 is 0 Å². The number of hydrogen-bond donors (Lipinski definition) is 4. The number of nitrogens with two attached hydrogens (primary N) is 2. The number of fused-ring (bicyclic) bond motifs is 1. The molecule has 1 aliphatic carbocycles. The number of aromatic nitrogens is 3. The quantitative estimate of drug-likeness (QED) is 0.440. The average molecular weight is 447 g/mol. The molecule has 0 unspecified atom stereocenters. The van der Waals surface area contributed by atoms with E-state index in [9.17, 15) is 18.0 Å². The Hall–Kier alpha value is -3.34. The lowest BCUT2D eigenvalue weighted by atomic mass is 9.91. The van der Waals surface area contributed by atoms with Crippen LogP contribution in [0.2, 0.25) is 0 Å². The number of amides is 1. The first kappa shape index (κ1) is 21.9. The molecule has 6 N–H and O–H groups in total. The van der Waals surface area contributed by atoms with Crippen LogP contribution in [-0.4, -0.2) is 39.2 Å². The molecule has 0 spiro atoms. The Morgan fingerprint density at radius 2 is 2.03 bits per heavy atom. The van der Waals surface area contributed by atoms with Gasteiger partial charge in [0.2, 0.25) is 0 Å². The van der Waals surface area contributed by atoms with Gasteiger partial charge in [-0.1, -0.05) is 18.9 Å². The Kier molecular flexibility index (Phi) is 6.17. The molecule has 0 bridgehead atoms. The van der Waals surface area contributed by atoms with Crippen LogP contribution in [0.5, 0.6) is 0 Å². The van der Waals surface area contributed by atoms with E-state index in [1.54, 1.807) is 18.2 Å². The second kappa shape index (κ2) is 9.03. The van der Waals surface area contributed by atoms with E-state index >= 15 is 0 Å². The average Bonchev–Trinajstić information content (AvgIpc) is 3.15. The number of nitrogens with zero attached hydrogens (tertiary/aromatic N) is 3. The van der Waals surface area contributed by atoms with E-state index in [2.05, 4.69) is 20.7 Å². The van der Waals surface area contributed by atoms with E-state index in [1.807, 2.05) is 0 Å². The van der Waals surface area contributed by atoms with Gasteiger partial charge in [-0.15, -0.1) is 0 Å². The van der Waals surface area contributed by atoms with Gasteiger partial charge in [-0.2, -0.15) is 5.10 Å². The molecular weight excluding hydrogens is 423 g/mol. The number of benzene rings is 1. The predicted molar refractivity (Wildman–Crippen MR) is 116 cm³/mol. The Balaban J connectivity index is 1.69. The van der Waals surface area contributed by atoms with Gasteiger partial charge in [-0.25, -0.2) is 18.2 Å². The topological polar surface area (TPSA) is 124 Å². The third-order valence-corrected chi connectivity index (χ3v) is 5.63. The van der Waals surface area contributed by atoms with Crippen molar-refractivity contribution >= 4 is 34.1 Å². The summed E-state index contributed by atoms with van der Waals surface area (Å²) in [5.74, 6) is -1.58. The van der Waals surface area contributed by atoms with E-state index in [0.717, 1.165) is 31.7 Å². The van der Waals surface area contributed by atoms with E-state index in [-0.39, 0.29) is 29.3 Å². The number of anilines is 3. The standard InChI is InChI=1S/C21H24F3N7O/c22-13-8-11(19(26)32)20(30-21(13)29-16-5-2-1-4-14(16)25)28-15-6-3-7-17-12(15)9-27-31(17)10-18(23)24/h3,6-9,14,16,18H,1-2,4-5,10,25H2,(H2,26,32)(H2,28,29,30)/t14-,16+/m0/s1. The van der Waals surface area contributed by atoms with Gasteiger partial charge in [-0.05, 0) is 31.0 Å². The molecule has 0 aliphatic heterocycles. The van der Waals surface area contributed by atoms with Crippen LogP contribution in [0.1, 0.15) is 36.0 Å². The number of nitrogens with one attached hydrogen (secondary N) is 2. The first-order valence-electron chi connectivity index (χ1n) is 10.4. The Morgan fingerprint density at radius 1 is 1.25 bits per heavy atom. The summed E-state index contributed by atoms with van der Waals surface area (Å²) < 4.78 is 41.5. The zero-order valence-electron chi connectivity index (χ0n) is 17.2. The van der Waals surface area contributed by atoms with Crippen molar-refractivity contribution in [2.45, 2.75) is 50.7 Å². The summed E-state index contributed by atoms with van der Waals surface area (Å²) in [6.45, 7) is -0.552. The molecule has 32 heavy (non-hydrogen) atoms. The summed E-state index contributed by atoms with van der Waals surface area (Å²) in [4.78, 5) is 16.2. The highest BCUT2D eigenvalue weighted by Crippen LogP contribution is 2.30. The molecular formula is C21H24F3N7O. The van der Waals surface area contributed by atoms with Gasteiger partial charge in [-0.3, -0.25) is 9.48 Å². The van der Waals surface area contributed by atoms with Gasteiger partial charge in [0.05, 0.1) is 23.0 Å². The minimum absolute atomic E-state index is 0.0413. The Labute approximate surface area is 182 Å². The van der Waals surface area contributed by atoms with Gasteiger partial charge in [0.25, 0.3) is 12.3 Å². The minimum atomic E-state index is -2.56. The van der Waals surface area contributed by atoms with Gasteiger partial charge in [0.15, 0.2) is 11.6 Å². The number of pyridine rings is 1. The van der Waals surface area contributed by atoms with Crippen molar-refractivity contribution in [2.24, 2.45) is 11.5 Å². The van der Waals surface area contributed by atoms with E-state index < -0.39 is 24.7 Å². The normalized spacial score (nSPS) is 18.8. The van der Waals surface area contributed by atoms with Crippen LogP contribution in [0.3, 0.4) is 0 Å². The Bertz CT molecular complexity index is 1130. The zero-order valence-corrected chi connectivity index (χ0v) is 17.2. The van der Waals surface area contributed by atoms with Gasteiger partial charge < -0.3 is 22.1 Å². The molecule has 1 saturated carbocycles. The second-order valence-electron chi connectivity index (χ2n) is 7.86. The predicted octanol–water partition coefficient (Wildman–Crippen LogP) is 3.36. The second-order valence-corrected chi connectivity index (χ2v) is 7.86. The highest BCUT2D eigenvalue weighted by atomic mass is 19.3. The summed E-state index contributed by atoms with van der Waals surface area (Å²) in [6.07, 6.45) is 2.48. The van der Waals surface area contributed by atoms with Crippen LogP contribution in [0.25, 0.3) is 10.9 Å². The maximum atomic E-state index is 14.7. The van der Waals surface area contributed by atoms with E-state index in [4.69, 9.17) is 11.5 Å². The van der Waals surface area contributed by atoms with Gasteiger partial charge in [0.1, 0.15) is 12.4 Å². The fourth-order valence-corrected chi connectivity index (χ4v) is 4.00. The molecule has 0 radical (unpaired) electrons. The summed E-state index contributed by atoms with van der Waals surface area (Å²) in [6, 6.07) is 5.73. The zero-order chi connectivity index (χ0) is 22.8. The highest BCUT2D eigenvalue weighted by molar-refractivity contribution is 6.00. The molecule has 2 aromatic heterocycles. The summed E-state index contributed by atoms with van der Waals surface area (Å²) in [5, 5.41) is 10.6. The molecule has 1 amide bonds. The maximum Gasteiger partial charge on any atom is 0.257 e. The first-order chi connectivity index (χ1) is 15.3. The Morgan fingerprint density at radius 3 is 2.75 bits per heavy atom. The van der Waals surface area contributed by atoms with Crippen LogP contribution in [0.4, 0.5) is 30.5 Å². The molecule has 1 aromatic carbocycles. The number of carbonyl (C=O) groups is 1. The number of hydrogen-bond acceptors (Lipinski definition) is 6. The van der Waals surface area contributed by atoms with Crippen molar-refractivity contribution in [1.82, 2.24) is 14.8 Å². The molecule has 1 fully saturated rings. The largest absolute Gasteiger partial charge is 0.365 e. The maximum absolute atomic E-state index is 14.7. The number of carbonyl (C=O) groups excluding carboxylic acids is 1. The van der Waals surface area contributed by atoms with Crippen LogP contribution < -0.4 is 22.1 Å². The number of alkyl halides is 2. The lowest BCUT2D eigenvalue weighted by Crippen LogP contribution is -2.43. The van der Waals surface area contributed by atoms with Crippen LogP contribution in [0, 0.1) is 5.82 Å². The summed E-state index contributed by atoms with van der Waals surface area (Å²) in [7, 11) is 0. The number of halogens is 3. The van der Waals surface area contributed by atoms with Crippen LogP contribution in [0.15, 0.2) is 30.5 Å². The smallest absolute Gasteiger partial charge is 0.257 e. The number of primary amides is 1. The summed E-state index contributed by atoms with van der Waals surface area (Å²) >= 11 is 0. The number of rotatable bonds is 7. The highest BCUT2D eigenvalue weighted by Gasteiger charge is 2.24. The van der Waals surface area contributed by atoms with Crippen molar-refractivity contribution in [2.75, 3.05) is 10.6 Å². The third-order valence-electron chi connectivity index (χ3n) is 5.63. The molecule has 1 aliphatic rings. The fourth-order valence-electron chi connectivity index (χ4n) is 4.00. The molecule has 170 valence electrons. The van der Waals surface area contributed by atoms with Crippen LogP contribution in [-0.2, 0) is 6.54 Å². The molecule has 8 nitrogen and oxygen atoms in total.